The molecule has 0 fully saturated rings. The van der Waals surface area contributed by atoms with E-state index in [0.717, 1.165) is 17.5 Å². The van der Waals surface area contributed by atoms with Crippen molar-refractivity contribution in [3.8, 4) is 11.4 Å². The van der Waals surface area contributed by atoms with Crippen LogP contribution >= 0.6 is 11.8 Å². The molecule has 7 nitrogen and oxygen atoms in total. The molecule has 3 rings (SSSR count). The summed E-state index contributed by atoms with van der Waals surface area (Å²) < 4.78 is 6.80. The van der Waals surface area contributed by atoms with Gasteiger partial charge in [0.05, 0.1) is 11.4 Å². The summed E-state index contributed by atoms with van der Waals surface area (Å²) in [5.74, 6) is 0.409. The summed E-state index contributed by atoms with van der Waals surface area (Å²) >= 11 is 1.34. The molecule has 0 radical (unpaired) electrons. The topological polar surface area (TPSA) is 94.0 Å². The monoisotopic (exact) mass is 330 g/mol. The van der Waals surface area contributed by atoms with Crippen molar-refractivity contribution in [3.63, 3.8) is 0 Å². The van der Waals surface area contributed by atoms with Gasteiger partial charge in [0.25, 0.3) is 0 Å². The summed E-state index contributed by atoms with van der Waals surface area (Å²) in [4.78, 5) is 11.4. The number of tetrazole rings is 1. The molecular weight excluding hydrogens is 316 g/mol. The highest BCUT2D eigenvalue weighted by Gasteiger charge is 2.11. The van der Waals surface area contributed by atoms with E-state index in [2.05, 4.69) is 15.5 Å². The number of aryl methyl sites for hydroxylation is 2. The van der Waals surface area contributed by atoms with Crippen LogP contribution in [0, 0.1) is 13.8 Å². The molecule has 0 amide bonds. The molecule has 0 spiro atoms. The van der Waals surface area contributed by atoms with E-state index in [1.54, 1.807) is 4.68 Å². The molecule has 0 saturated heterocycles. The fraction of sp³-hybridized carbons (Fsp3) is 0.200. The molecule has 2 heterocycles. The van der Waals surface area contributed by atoms with Gasteiger partial charge in [0, 0.05) is 6.07 Å². The van der Waals surface area contributed by atoms with E-state index < -0.39 is 11.2 Å². The Kier molecular flexibility index (Phi) is 4.16. The normalized spacial score (nSPS) is 10.9. The summed E-state index contributed by atoms with van der Waals surface area (Å²) in [5, 5.41) is 21.5. The summed E-state index contributed by atoms with van der Waals surface area (Å²) in [5.41, 5.74) is 2.74. The predicted octanol–water partition coefficient (Wildman–Crippen LogP) is 2.23. The van der Waals surface area contributed by atoms with E-state index in [1.807, 2.05) is 32.0 Å². The first-order valence-electron chi connectivity index (χ1n) is 6.84. The van der Waals surface area contributed by atoms with Crippen molar-refractivity contribution in [3.05, 3.63) is 57.6 Å². The van der Waals surface area contributed by atoms with Gasteiger partial charge in [0.1, 0.15) is 12.0 Å². The van der Waals surface area contributed by atoms with Gasteiger partial charge in [-0.25, -0.2) is 0 Å². The summed E-state index contributed by atoms with van der Waals surface area (Å²) in [6.45, 7) is 4.07. The quantitative estimate of drug-likeness (QED) is 0.733. The van der Waals surface area contributed by atoms with E-state index in [1.165, 1.54) is 23.4 Å². The summed E-state index contributed by atoms with van der Waals surface area (Å²) in [6, 6.07) is 7.23. The lowest BCUT2D eigenvalue weighted by molar-refractivity contribution is 0.419. The van der Waals surface area contributed by atoms with E-state index in [4.69, 9.17) is 4.42 Å². The summed E-state index contributed by atoms with van der Waals surface area (Å²) in [7, 11) is 0. The third-order valence-corrected chi connectivity index (χ3v) is 4.33. The van der Waals surface area contributed by atoms with Crippen molar-refractivity contribution in [1.29, 1.82) is 0 Å². The second-order valence-corrected chi connectivity index (χ2v) is 5.97. The van der Waals surface area contributed by atoms with Crippen LogP contribution in [0.2, 0.25) is 0 Å². The second-order valence-electron chi connectivity index (χ2n) is 5.03. The first kappa shape index (κ1) is 15.3. The van der Waals surface area contributed by atoms with Gasteiger partial charge in [0.15, 0.2) is 5.75 Å². The molecule has 8 heteroatoms. The fourth-order valence-corrected chi connectivity index (χ4v) is 2.72. The van der Waals surface area contributed by atoms with Gasteiger partial charge in [-0.2, -0.15) is 4.68 Å². The smallest absolute Gasteiger partial charge is 0.226 e. The molecule has 118 valence electrons. The van der Waals surface area contributed by atoms with Gasteiger partial charge >= 0.3 is 0 Å². The predicted molar refractivity (Wildman–Crippen MR) is 84.8 cm³/mol. The highest BCUT2D eigenvalue weighted by Crippen LogP contribution is 2.23. The molecule has 3 aromatic rings. The molecule has 2 aromatic heterocycles. The number of nitrogens with zero attached hydrogens (tertiary/aromatic N) is 4. The highest BCUT2D eigenvalue weighted by molar-refractivity contribution is 7.98. The summed E-state index contributed by atoms with van der Waals surface area (Å²) in [6.07, 6.45) is 1.03. The highest BCUT2D eigenvalue weighted by atomic mass is 32.2. The Hall–Kier alpha value is -2.61. The standard InChI is InChI=1S/C15H14N4O3S/c1-9-3-4-11(5-10(9)2)19-15(16-17-18-19)23-8-12-6-13(20)14(21)7-22-12/h3-7,21H,8H2,1-2H3. The Labute approximate surface area is 136 Å². The van der Waals surface area contributed by atoms with Gasteiger partial charge in [0.2, 0.25) is 10.6 Å². The minimum Gasteiger partial charge on any atom is -0.502 e. The lowest BCUT2D eigenvalue weighted by Gasteiger charge is -2.06. The lowest BCUT2D eigenvalue weighted by atomic mass is 10.1. The Morgan fingerprint density at radius 3 is 2.83 bits per heavy atom. The SMILES string of the molecule is Cc1ccc(-n2nnnc2SCc2cc(=O)c(O)co2)cc1C. The van der Waals surface area contributed by atoms with Crippen molar-refractivity contribution < 1.29 is 9.52 Å². The second kappa shape index (κ2) is 6.25. The number of thioether (sulfide) groups is 1. The van der Waals surface area contributed by atoms with Crippen molar-refractivity contribution in [1.82, 2.24) is 20.2 Å². The van der Waals surface area contributed by atoms with Crippen LogP contribution in [-0.4, -0.2) is 25.3 Å². The van der Waals surface area contributed by atoms with Gasteiger partial charge in [-0.1, -0.05) is 17.8 Å². The molecule has 0 aliphatic carbocycles. The van der Waals surface area contributed by atoms with E-state index >= 15 is 0 Å². The van der Waals surface area contributed by atoms with Gasteiger partial charge in [-0.05, 0) is 47.5 Å². The zero-order valence-electron chi connectivity index (χ0n) is 12.6. The van der Waals surface area contributed by atoms with Gasteiger partial charge in [-0.15, -0.1) is 5.10 Å². The number of aromatic nitrogens is 4. The third kappa shape index (κ3) is 3.26. The minimum absolute atomic E-state index is 0.376. The van der Waals surface area contributed by atoms with Crippen LogP contribution in [0.25, 0.3) is 5.69 Å². The molecular formula is C15H14N4O3S. The zero-order chi connectivity index (χ0) is 16.4. The minimum atomic E-state index is -0.472. The third-order valence-electron chi connectivity index (χ3n) is 3.39. The molecule has 0 saturated carbocycles. The van der Waals surface area contributed by atoms with Crippen LogP contribution in [0.4, 0.5) is 0 Å². The largest absolute Gasteiger partial charge is 0.502 e. The van der Waals surface area contributed by atoms with Crippen LogP contribution in [0.1, 0.15) is 16.9 Å². The molecule has 1 aromatic carbocycles. The maximum atomic E-state index is 11.4. The molecule has 1 N–H and O–H groups in total. The average molecular weight is 330 g/mol. The number of hydrogen-bond acceptors (Lipinski definition) is 7. The van der Waals surface area contributed by atoms with E-state index in [0.29, 0.717) is 16.7 Å². The van der Waals surface area contributed by atoms with Crippen molar-refractivity contribution in [2.24, 2.45) is 0 Å². The Morgan fingerprint density at radius 2 is 2.09 bits per heavy atom. The molecule has 0 atom stereocenters. The van der Waals surface area contributed by atoms with Crippen LogP contribution < -0.4 is 5.43 Å². The maximum Gasteiger partial charge on any atom is 0.226 e. The number of hydrogen-bond donors (Lipinski definition) is 1. The number of rotatable bonds is 4. The van der Waals surface area contributed by atoms with Crippen LogP contribution in [-0.2, 0) is 5.75 Å². The van der Waals surface area contributed by atoms with E-state index in [9.17, 15) is 9.90 Å². The molecule has 0 bridgehead atoms. The maximum absolute atomic E-state index is 11.4. The van der Waals surface area contributed by atoms with Crippen LogP contribution in [0.5, 0.6) is 5.75 Å². The Bertz CT molecular complexity index is 904. The Balaban J connectivity index is 1.82. The molecule has 23 heavy (non-hydrogen) atoms. The lowest BCUT2D eigenvalue weighted by Crippen LogP contribution is -2.01. The van der Waals surface area contributed by atoms with Gasteiger partial charge < -0.3 is 9.52 Å². The fourth-order valence-electron chi connectivity index (χ4n) is 1.94. The van der Waals surface area contributed by atoms with Crippen molar-refractivity contribution in [2.45, 2.75) is 24.8 Å². The van der Waals surface area contributed by atoms with Crippen LogP contribution in [0.15, 0.2) is 44.9 Å². The molecule has 0 aliphatic rings. The van der Waals surface area contributed by atoms with E-state index in [-0.39, 0.29) is 0 Å². The first-order chi connectivity index (χ1) is 11.0. The average Bonchev–Trinajstić information content (AvgIpc) is 3.00. The van der Waals surface area contributed by atoms with Gasteiger partial charge in [-0.3, -0.25) is 4.79 Å². The number of benzene rings is 1. The van der Waals surface area contributed by atoms with Crippen molar-refractivity contribution >= 4 is 11.8 Å². The molecule has 0 unspecified atom stereocenters. The Morgan fingerprint density at radius 1 is 1.26 bits per heavy atom. The van der Waals surface area contributed by atoms with Crippen molar-refractivity contribution in [2.75, 3.05) is 0 Å². The zero-order valence-corrected chi connectivity index (χ0v) is 13.4. The molecule has 0 aliphatic heterocycles. The first-order valence-corrected chi connectivity index (χ1v) is 7.82. The van der Waals surface area contributed by atoms with Crippen LogP contribution in [0.3, 0.4) is 0 Å². The number of aromatic hydroxyl groups is 1.